The van der Waals surface area contributed by atoms with Crippen molar-refractivity contribution in [3.05, 3.63) is 5.01 Å². The number of aryl methyl sites for hydroxylation is 1. The van der Waals surface area contributed by atoms with Crippen LogP contribution >= 0.6 is 23.1 Å². The van der Waals surface area contributed by atoms with E-state index in [0.717, 1.165) is 21.9 Å². The first-order chi connectivity index (χ1) is 6.74. The van der Waals surface area contributed by atoms with Crippen LogP contribution < -0.4 is 5.32 Å². The molecule has 1 aliphatic rings. The fourth-order valence-electron chi connectivity index (χ4n) is 1.16. The molecule has 1 fully saturated rings. The number of nitrogens with one attached hydrogen (secondary N) is 1. The van der Waals surface area contributed by atoms with Crippen molar-refractivity contribution in [1.29, 1.82) is 0 Å². The second kappa shape index (κ2) is 4.59. The maximum absolute atomic E-state index is 4.10. The maximum Gasteiger partial charge on any atom is 0.174 e. The lowest BCUT2D eigenvalue weighted by Gasteiger charge is -2.08. The molecule has 1 aliphatic carbocycles. The molecule has 3 nitrogen and oxygen atoms in total. The van der Waals surface area contributed by atoms with E-state index in [1.807, 2.05) is 18.7 Å². The topological polar surface area (TPSA) is 37.8 Å². The lowest BCUT2D eigenvalue weighted by molar-refractivity contribution is 0.679. The van der Waals surface area contributed by atoms with E-state index >= 15 is 0 Å². The zero-order valence-corrected chi connectivity index (χ0v) is 10.1. The summed E-state index contributed by atoms with van der Waals surface area (Å²) < 4.78 is 1.09. The second-order valence-electron chi connectivity index (χ2n) is 3.70. The third kappa shape index (κ3) is 3.22. The molecule has 1 atom stereocenters. The van der Waals surface area contributed by atoms with E-state index in [0.29, 0.717) is 5.25 Å². The summed E-state index contributed by atoms with van der Waals surface area (Å²) in [6.45, 7) is 5.31. The molecule has 0 radical (unpaired) electrons. The molecule has 1 N–H and O–H groups in total. The van der Waals surface area contributed by atoms with Crippen LogP contribution in [0.2, 0.25) is 0 Å². The van der Waals surface area contributed by atoms with E-state index < -0.39 is 0 Å². The molecule has 1 aromatic rings. The molecule has 1 unspecified atom stereocenters. The van der Waals surface area contributed by atoms with Crippen LogP contribution in [-0.4, -0.2) is 28.0 Å². The highest BCUT2D eigenvalue weighted by Crippen LogP contribution is 2.26. The van der Waals surface area contributed by atoms with Crippen molar-refractivity contribution in [1.82, 2.24) is 15.5 Å². The molecule has 0 bridgehead atoms. The van der Waals surface area contributed by atoms with Crippen LogP contribution in [0.4, 0.5) is 0 Å². The van der Waals surface area contributed by atoms with Gasteiger partial charge >= 0.3 is 0 Å². The van der Waals surface area contributed by atoms with Gasteiger partial charge in [0.05, 0.1) is 0 Å². The van der Waals surface area contributed by atoms with Gasteiger partial charge in [-0.05, 0) is 19.8 Å². The Labute approximate surface area is 92.7 Å². The summed E-state index contributed by atoms with van der Waals surface area (Å²) in [5, 5.41) is 13.3. The van der Waals surface area contributed by atoms with Gasteiger partial charge in [-0.3, -0.25) is 0 Å². The van der Waals surface area contributed by atoms with Crippen molar-refractivity contribution >= 4 is 23.1 Å². The summed E-state index contributed by atoms with van der Waals surface area (Å²) in [7, 11) is 0. The SMILES string of the molecule is Cc1nnc(SC(C)CNC2CC2)s1. The normalized spacial score (nSPS) is 18.4. The van der Waals surface area contributed by atoms with Crippen LogP contribution in [0, 0.1) is 6.92 Å². The standard InChI is InChI=1S/C9H15N3S2/c1-6(5-10-8-3-4-8)13-9-12-11-7(2)14-9/h6,8,10H,3-5H2,1-2H3. The van der Waals surface area contributed by atoms with Gasteiger partial charge in [-0.2, -0.15) is 0 Å². The predicted octanol–water partition coefficient (Wildman–Crippen LogP) is 2.08. The molecule has 78 valence electrons. The van der Waals surface area contributed by atoms with Crippen molar-refractivity contribution in [3.8, 4) is 0 Å². The van der Waals surface area contributed by atoms with Gasteiger partial charge in [0.1, 0.15) is 5.01 Å². The summed E-state index contributed by atoms with van der Waals surface area (Å²) in [5.41, 5.74) is 0. The minimum absolute atomic E-state index is 0.586. The van der Waals surface area contributed by atoms with Crippen LogP contribution in [0.25, 0.3) is 0 Å². The van der Waals surface area contributed by atoms with Crippen molar-refractivity contribution in [2.24, 2.45) is 0 Å². The summed E-state index contributed by atoms with van der Waals surface area (Å²) >= 11 is 3.50. The fourth-order valence-corrected chi connectivity index (χ4v) is 3.23. The van der Waals surface area contributed by atoms with Crippen molar-refractivity contribution in [2.75, 3.05) is 6.54 Å². The fraction of sp³-hybridized carbons (Fsp3) is 0.778. The Morgan fingerprint density at radius 1 is 1.57 bits per heavy atom. The van der Waals surface area contributed by atoms with Gasteiger partial charge in [0.15, 0.2) is 4.34 Å². The van der Waals surface area contributed by atoms with E-state index in [2.05, 4.69) is 22.4 Å². The van der Waals surface area contributed by atoms with E-state index in [1.54, 1.807) is 11.3 Å². The molecule has 0 aromatic carbocycles. The summed E-state index contributed by atoms with van der Waals surface area (Å²) in [4.78, 5) is 0. The Balaban J connectivity index is 1.72. The monoisotopic (exact) mass is 229 g/mol. The molecule has 14 heavy (non-hydrogen) atoms. The van der Waals surface area contributed by atoms with Crippen LogP contribution in [0.5, 0.6) is 0 Å². The van der Waals surface area contributed by atoms with Gasteiger partial charge in [-0.1, -0.05) is 30.0 Å². The van der Waals surface area contributed by atoms with E-state index in [9.17, 15) is 0 Å². The minimum Gasteiger partial charge on any atom is -0.313 e. The highest BCUT2D eigenvalue weighted by molar-refractivity contribution is 8.01. The first-order valence-electron chi connectivity index (χ1n) is 4.94. The predicted molar refractivity (Wildman–Crippen MR) is 61.0 cm³/mol. The van der Waals surface area contributed by atoms with Gasteiger partial charge in [0, 0.05) is 17.8 Å². The Bertz CT molecular complexity index is 296. The van der Waals surface area contributed by atoms with E-state index in [4.69, 9.17) is 0 Å². The van der Waals surface area contributed by atoms with E-state index in [-0.39, 0.29) is 0 Å². The zero-order valence-electron chi connectivity index (χ0n) is 8.49. The highest BCUT2D eigenvalue weighted by atomic mass is 32.2. The molecule has 0 spiro atoms. The van der Waals surface area contributed by atoms with Gasteiger partial charge in [0.2, 0.25) is 0 Å². The second-order valence-corrected chi connectivity index (χ2v) is 6.57. The summed E-state index contributed by atoms with van der Waals surface area (Å²) in [6.07, 6.45) is 2.71. The number of nitrogens with zero attached hydrogens (tertiary/aromatic N) is 2. The lowest BCUT2D eigenvalue weighted by atomic mass is 10.4. The smallest absolute Gasteiger partial charge is 0.174 e. The van der Waals surface area contributed by atoms with Crippen molar-refractivity contribution in [2.45, 2.75) is 42.3 Å². The number of hydrogen-bond acceptors (Lipinski definition) is 5. The molecule has 1 heterocycles. The maximum atomic E-state index is 4.10. The summed E-state index contributed by atoms with van der Waals surface area (Å²) in [5.74, 6) is 0. The Kier molecular flexibility index (Phi) is 3.41. The molecule has 5 heteroatoms. The third-order valence-electron chi connectivity index (χ3n) is 2.08. The Hall–Kier alpha value is -0.130. The molecular weight excluding hydrogens is 214 g/mol. The van der Waals surface area contributed by atoms with Crippen LogP contribution in [0.1, 0.15) is 24.8 Å². The first-order valence-corrected chi connectivity index (χ1v) is 6.64. The molecular formula is C9H15N3S2. The molecule has 0 saturated heterocycles. The van der Waals surface area contributed by atoms with Crippen molar-refractivity contribution < 1.29 is 0 Å². The summed E-state index contributed by atoms with van der Waals surface area (Å²) in [6, 6.07) is 0.800. The van der Waals surface area contributed by atoms with Gasteiger partial charge < -0.3 is 5.32 Å². The zero-order chi connectivity index (χ0) is 9.97. The van der Waals surface area contributed by atoms with E-state index in [1.165, 1.54) is 12.8 Å². The average Bonchev–Trinajstić information content (AvgIpc) is 2.88. The van der Waals surface area contributed by atoms with Crippen LogP contribution in [0.3, 0.4) is 0 Å². The molecule has 0 amide bonds. The minimum atomic E-state index is 0.586. The van der Waals surface area contributed by atoms with Gasteiger partial charge in [-0.25, -0.2) is 0 Å². The first kappa shape index (κ1) is 10.4. The van der Waals surface area contributed by atoms with Crippen LogP contribution in [-0.2, 0) is 0 Å². The molecule has 0 aliphatic heterocycles. The van der Waals surface area contributed by atoms with Crippen molar-refractivity contribution in [3.63, 3.8) is 0 Å². The lowest BCUT2D eigenvalue weighted by Crippen LogP contribution is -2.24. The highest BCUT2D eigenvalue weighted by Gasteiger charge is 2.21. The third-order valence-corrected chi connectivity index (χ3v) is 4.11. The number of aromatic nitrogens is 2. The number of rotatable bonds is 5. The molecule has 1 saturated carbocycles. The Morgan fingerprint density at radius 2 is 2.36 bits per heavy atom. The quantitative estimate of drug-likeness (QED) is 0.785. The largest absolute Gasteiger partial charge is 0.313 e. The number of thioether (sulfide) groups is 1. The van der Waals surface area contributed by atoms with Crippen LogP contribution in [0.15, 0.2) is 4.34 Å². The number of hydrogen-bond donors (Lipinski definition) is 1. The average molecular weight is 229 g/mol. The molecule has 2 rings (SSSR count). The Morgan fingerprint density at radius 3 is 2.93 bits per heavy atom. The van der Waals surface area contributed by atoms with Gasteiger partial charge in [-0.15, -0.1) is 10.2 Å². The van der Waals surface area contributed by atoms with Gasteiger partial charge in [0.25, 0.3) is 0 Å². The molecule has 1 aromatic heterocycles.